The Hall–Kier alpha value is -1.71. The molecule has 3 heterocycles. The Balaban J connectivity index is 1.43. The molecule has 1 aromatic rings. The highest BCUT2D eigenvalue weighted by Crippen LogP contribution is 2.16. The molecule has 150 valence electrons. The van der Waals surface area contributed by atoms with Crippen molar-refractivity contribution in [2.45, 2.75) is 20.4 Å². The highest BCUT2D eigenvalue weighted by molar-refractivity contribution is 7.11. The van der Waals surface area contributed by atoms with Gasteiger partial charge in [-0.1, -0.05) is 0 Å². The van der Waals surface area contributed by atoms with Gasteiger partial charge in [-0.15, -0.1) is 11.3 Å². The first-order chi connectivity index (χ1) is 13.1. The van der Waals surface area contributed by atoms with Crippen LogP contribution in [0.5, 0.6) is 0 Å². The van der Waals surface area contributed by atoms with Crippen LogP contribution >= 0.6 is 11.3 Å². The molecule has 0 aliphatic carbocycles. The maximum Gasteiger partial charge on any atom is 0.236 e. The summed E-state index contributed by atoms with van der Waals surface area (Å²) in [6, 6.07) is 0. The molecule has 2 aliphatic rings. The SMILES string of the molecule is CN=C(NCc1nc(C)c(C)s1)N1CCN(CC(=O)N2CCOCC2)CC1. The highest BCUT2D eigenvalue weighted by Gasteiger charge is 2.24. The van der Waals surface area contributed by atoms with Crippen molar-refractivity contribution < 1.29 is 9.53 Å². The molecule has 0 radical (unpaired) electrons. The summed E-state index contributed by atoms with van der Waals surface area (Å²) in [5.74, 6) is 1.11. The number of thiazole rings is 1. The molecular formula is C18H30N6O2S. The molecule has 27 heavy (non-hydrogen) atoms. The second-order valence-corrected chi connectivity index (χ2v) is 8.19. The van der Waals surface area contributed by atoms with Crippen LogP contribution in [-0.4, -0.2) is 97.6 Å². The number of hydrogen-bond acceptors (Lipinski definition) is 6. The molecule has 1 amide bonds. The number of piperazine rings is 1. The molecule has 1 aromatic heterocycles. The van der Waals surface area contributed by atoms with Gasteiger partial charge in [0.15, 0.2) is 5.96 Å². The zero-order valence-electron chi connectivity index (χ0n) is 16.5. The predicted octanol–water partition coefficient (Wildman–Crippen LogP) is 0.312. The summed E-state index contributed by atoms with van der Waals surface area (Å²) in [7, 11) is 1.81. The number of hydrogen-bond donors (Lipinski definition) is 1. The Morgan fingerprint density at radius 3 is 2.44 bits per heavy atom. The number of amides is 1. The van der Waals surface area contributed by atoms with Crippen LogP contribution in [0.15, 0.2) is 4.99 Å². The fraction of sp³-hybridized carbons (Fsp3) is 0.722. The average molecular weight is 395 g/mol. The average Bonchev–Trinajstić information content (AvgIpc) is 3.01. The molecule has 0 atom stereocenters. The van der Waals surface area contributed by atoms with E-state index in [1.807, 2.05) is 18.9 Å². The Morgan fingerprint density at radius 1 is 1.15 bits per heavy atom. The summed E-state index contributed by atoms with van der Waals surface area (Å²) >= 11 is 1.73. The van der Waals surface area contributed by atoms with Gasteiger partial charge in [0.1, 0.15) is 5.01 Å². The summed E-state index contributed by atoms with van der Waals surface area (Å²) in [5.41, 5.74) is 1.10. The van der Waals surface area contributed by atoms with Crippen LogP contribution in [0.25, 0.3) is 0 Å². The maximum absolute atomic E-state index is 12.4. The number of aryl methyl sites for hydroxylation is 2. The van der Waals surface area contributed by atoms with E-state index in [1.165, 1.54) is 4.88 Å². The van der Waals surface area contributed by atoms with Crippen LogP contribution in [0.4, 0.5) is 0 Å². The molecule has 1 N–H and O–H groups in total. The number of aliphatic imine (C=N–C) groups is 1. The van der Waals surface area contributed by atoms with Crippen molar-refractivity contribution in [3.63, 3.8) is 0 Å². The van der Waals surface area contributed by atoms with E-state index in [9.17, 15) is 4.79 Å². The lowest BCUT2D eigenvalue weighted by molar-refractivity contribution is -0.136. The molecule has 9 heteroatoms. The first kappa shape index (κ1) is 20.0. The Labute approximate surface area is 165 Å². The predicted molar refractivity (Wildman–Crippen MR) is 107 cm³/mol. The van der Waals surface area contributed by atoms with E-state index in [-0.39, 0.29) is 5.91 Å². The van der Waals surface area contributed by atoms with Gasteiger partial charge < -0.3 is 19.9 Å². The third-order valence-corrected chi connectivity index (χ3v) is 6.15. The Kier molecular flexibility index (Phi) is 7.03. The van der Waals surface area contributed by atoms with E-state index < -0.39 is 0 Å². The molecule has 0 saturated carbocycles. The van der Waals surface area contributed by atoms with Gasteiger partial charge in [-0.25, -0.2) is 4.98 Å². The number of aromatic nitrogens is 1. The van der Waals surface area contributed by atoms with Gasteiger partial charge in [0.2, 0.25) is 5.91 Å². The second kappa shape index (κ2) is 9.48. The molecule has 0 aromatic carbocycles. The molecule has 0 spiro atoms. The Bertz CT molecular complexity index is 643. The maximum atomic E-state index is 12.4. The molecule has 8 nitrogen and oxygen atoms in total. The minimum absolute atomic E-state index is 0.212. The lowest BCUT2D eigenvalue weighted by Crippen LogP contribution is -2.54. The number of nitrogens with zero attached hydrogens (tertiary/aromatic N) is 5. The number of morpholine rings is 1. The zero-order chi connectivity index (χ0) is 19.2. The number of rotatable bonds is 4. The van der Waals surface area contributed by atoms with Crippen LogP contribution in [0, 0.1) is 13.8 Å². The first-order valence-corrected chi connectivity index (χ1v) is 10.3. The lowest BCUT2D eigenvalue weighted by atomic mass is 10.3. The van der Waals surface area contributed by atoms with Crippen LogP contribution in [-0.2, 0) is 16.1 Å². The molecule has 2 aliphatic heterocycles. The molecular weight excluding hydrogens is 364 g/mol. The van der Waals surface area contributed by atoms with Crippen molar-refractivity contribution in [3.05, 3.63) is 15.6 Å². The van der Waals surface area contributed by atoms with Gasteiger partial charge >= 0.3 is 0 Å². The summed E-state index contributed by atoms with van der Waals surface area (Å²) < 4.78 is 5.32. The van der Waals surface area contributed by atoms with Gasteiger partial charge in [-0.05, 0) is 13.8 Å². The number of nitrogens with one attached hydrogen (secondary N) is 1. The van der Waals surface area contributed by atoms with Gasteiger partial charge in [-0.2, -0.15) is 0 Å². The topological polar surface area (TPSA) is 73.3 Å². The second-order valence-electron chi connectivity index (χ2n) is 6.91. The van der Waals surface area contributed by atoms with Crippen LogP contribution in [0.3, 0.4) is 0 Å². The molecule has 3 rings (SSSR count). The molecule has 0 unspecified atom stereocenters. The summed E-state index contributed by atoms with van der Waals surface area (Å²) in [6.07, 6.45) is 0. The number of carbonyl (C=O) groups excluding carboxylic acids is 1. The van der Waals surface area contributed by atoms with Gasteiger partial charge in [-0.3, -0.25) is 14.7 Å². The standard InChI is InChI=1S/C18H30N6O2S/c1-14-15(2)27-16(21-14)12-20-18(19-3)24-6-4-22(5-7-24)13-17(25)23-8-10-26-11-9-23/h4-13H2,1-3H3,(H,19,20). The largest absolute Gasteiger partial charge is 0.378 e. The van der Waals surface area contributed by atoms with Crippen LogP contribution < -0.4 is 5.32 Å². The number of ether oxygens (including phenoxy) is 1. The van der Waals surface area contributed by atoms with E-state index in [0.29, 0.717) is 39.4 Å². The number of carbonyl (C=O) groups is 1. The fourth-order valence-corrected chi connectivity index (χ4v) is 4.20. The van der Waals surface area contributed by atoms with Gasteiger partial charge in [0.05, 0.1) is 32.0 Å². The van der Waals surface area contributed by atoms with E-state index in [4.69, 9.17) is 4.74 Å². The van der Waals surface area contributed by atoms with Crippen LogP contribution in [0.2, 0.25) is 0 Å². The monoisotopic (exact) mass is 394 g/mol. The normalized spacial score (nSPS) is 19.4. The van der Waals surface area contributed by atoms with E-state index in [2.05, 4.69) is 32.0 Å². The van der Waals surface area contributed by atoms with Gasteiger partial charge in [0, 0.05) is 51.2 Å². The van der Waals surface area contributed by atoms with Crippen molar-refractivity contribution in [1.29, 1.82) is 0 Å². The summed E-state index contributed by atoms with van der Waals surface area (Å²) in [6.45, 7) is 11.5. The lowest BCUT2D eigenvalue weighted by Gasteiger charge is -2.37. The van der Waals surface area contributed by atoms with Crippen molar-refractivity contribution in [2.24, 2.45) is 4.99 Å². The summed E-state index contributed by atoms with van der Waals surface area (Å²) in [5, 5.41) is 4.50. The van der Waals surface area contributed by atoms with Crippen molar-refractivity contribution in [3.8, 4) is 0 Å². The minimum atomic E-state index is 0.212. The van der Waals surface area contributed by atoms with Gasteiger partial charge in [0.25, 0.3) is 0 Å². The molecule has 2 fully saturated rings. The highest BCUT2D eigenvalue weighted by atomic mass is 32.1. The third kappa shape index (κ3) is 5.40. The molecule has 2 saturated heterocycles. The Morgan fingerprint density at radius 2 is 1.85 bits per heavy atom. The van der Waals surface area contributed by atoms with E-state index >= 15 is 0 Å². The fourth-order valence-electron chi connectivity index (χ4n) is 3.32. The zero-order valence-corrected chi connectivity index (χ0v) is 17.3. The van der Waals surface area contributed by atoms with Crippen LogP contribution in [0.1, 0.15) is 15.6 Å². The van der Waals surface area contributed by atoms with E-state index in [0.717, 1.165) is 42.8 Å². The smallest absolute Gasteiger partial charge is 0.236 e. The van der Waals surface area contributed by atoms with Crippen molar-refractivity contribution in [2.75, 3.05) is 66.1 Å². The van der Waals surface area contributed by atoms with E-state index in [1.54, 1.807) is 11.3 Å². The summed E-state index contributed by atoms with van der Waals surface area (Å²) in [4.78, 5) is 29.0. The van der Waals surface area contributed by atoms with Crippen molar-refractivity contribution in [1.82, 2.24) is 25.0 Å². The first-order valence-electron chi connectivity index (χ1n) is 9.53. The van der Waals surface area contributed by atoms with Crippen molar-refractivity contribution >= 4 is 23.2 Å². The minimum Gasteiger partial charge on any atom is -0.378 e. The third-order valence-electron chi connectivity index (χ3n) is 5.08. The quantitative estimate of drug-likeness (QED) is 0.585. The molecule has 0 bridgehead atoms. The number of guanidine groups is 1.